The van der Waals surface area contributed by atoms with Crippen LogP contribution in [-0.4, -0.2) is 29.1 Å². The van der Waals surface area contributed by atoms with Gasteiger partial charge in [-0.15, -0.1) is 0 Å². The molecule has 2 aromatic heterocycles. The van der Waals surface area contributed by atoms with Crippen molar-refractivity contribution in [1.82, 2.24) is 14.9 Å². The summed E-state index contributed by atoms with van der Waals surface area (Å²) >= 11 is 0. The van der Waals surface area contributed by atoms with E-state index in [1.165, 1.54) is 0 Å². The maximum atomic E-state index is 12.1. The lowest BCUT2D eigenvalue weighted by molar-refractivity contribution is 0.0920. The molecule has 3 aromatic rings. The SMILES string of the molecule is COc1ccccc1Oc1ccc(C(=O)NCCCn2ccnc2)o1. The van der Waals surface area contributed by atoms with Crippen molar-refractivity contribution in [1.29, 1.82) is 0 Å². The van der Waals surface area contributed by atoms with E-state index in [2.05, 4.69) is 10.3 Å². The molecule has 2 heterocycles. The van der Waals surface area contributed by atoms with Crippen molar-refractivity contribution in [3.8, 4) is 17.4 Å². The summed E-state index contributed by atoms with van der Waals surface area (Å²) in [6, 6.07) is 10.4. The fourth-order valence-corrected chi connectivity index (χ4v) is 2.28. The van der Waals surface area contributed by atoms with Gasteiger partial charge in [0.15, 0.2) is 17.3 Å². The minimum Gasteiger partial charge on any atom is -0.493 e. The third-order valence-electron chi connectivity index (χ3n) is 3.52. The van der Waals surface area contributed by atoms with Crippen molar-refractivity contribution in [3.63, 3.8) is 0 Å². The van der Waals surface area contributed by atoms with Gasteiger partial charge in [-0.05, 0) is 24.6 Å². The molecule has 0 fully saturated rings. The lowest BCUT2D eigenvalue weighted by atomic mass is 10.3. The molecular weight excluding hydrogens is 322 g/mol. The predicted molar refractivity (Wildman–Crippen MR) is 91.0 cm³/mol. The number of methoxy groups -OCH3 is 1. The third kappa shape index (κ3) is 4.41. The van der Waals surface area contributed by atoms with Crippen molar-refractivity contribution in [2.75, 3.05) is 13.7 Å². The van der Waals surface area contributed by atoms with Gasteiger partial charge >= 0.3 is 0 Å². The number of benzene rings is 1. The Labute approximate surface area is 145 Å². The van der Waals surface area contributed by atoms with E-state index in [1.807, 2.05) is 22.9 Å². The Morgan fingerprint density at radius 2 is 2.08 bits per heavy atom. The summed E-state index contributed by atoms with van der Waals surface area (Å²) in [6.45, 7) is 1.33. The van der Waals surface area contributed by atoms with Crippen LogP contribution < -0.4 is 14.8 Å². The lowest BCUT2D eigenvalue weighted by Gasteiger charge is -2.07. The van der Waals surface area contributed by atoms with Gasteiger partial charge in [0.2, 0.25) is 0 Å². The van der Waals surface area contributed by atoms with E-state index < -0.39 is 0 Å². The van der Waals surface area contributed by atoms with E-state index in [9.17, 15) is 4.79 Å². The first-order valence-corrected chi connectivity index (χ1v) is 7.91. The molecule has 0 spiro atoms. The van der Waals surface area contributed by atoms with Gasteiger partial charge in [-0.1, -0.05) is 12.1 Å². The average molecular weight is 341 g/mol. The molecular formula is C18H19N3O4. The molecule has 0 bridgehead atoms. The highest BCUT2D eigenvalue weighted by Crippen LogP contribution is 2.31. The largest absolute Gasteiger partial charge is 0.493 e. The average Bonchev–Trinajstić information content (AvgIpc) is 3.31. The quantitative estimate of drug-likeness (QED) is 0.637. The maximum Gasteiger partial charge on any atom is 0.290 e. The number of carbonyl (C=O) groups is 1. The number of para-hydroxylation sites is 2. The van der Waals surface area contributed by atoms with Crippen molar-refractivity contribution in [2.24, 2.45) is 0 Å². The van der Waals surface area contributed by atoms with Crippen molar-refractivity contribution < 1.29 is 18.7 Å². The number of hydrogen-bond donors (Lipinski definition) is 1. The molecule has 7 nitrogen and oxygen atoms in total. The van der Waals surface area contributed by atoms with Gasteiger partial charge in [0.25, 0.3) is 11.9 Å². The molecule has 7 heteroatoms. The van der Waals surface area contributed by atoms with E-state index in [4.69, 9.17) is 13.9 Å². The molecule has 0 saturated heterocycles. The lowest BCUT2D eigenvalue weighted by Crippen LogP contribution is -2.24. The molecule has 130 valence electrons. The second-order valence-corrected chi connectivity index (χ2v) is 5.28. The molecule has 1 amide bonds. The zero-order valence-electron chi connectivity index (χ0n) is 13.8. The third-order valence-corrected chi connectivity index (χ3v) is 3.52. The van der Waals surface area contributed by atoms with Crippen LogP contribution in [0.2, 0.25) is 0 Å². The van der Waals surface area contributed by atoms with Gasteiger partial charge in [0, 0.05) is 31.5 Å². The van der Waals surface area contributed by atoms with Crippen LogP contribution in [0.25, 0.3) is 0 Å². The standard InChI is InChI=1S/C18H19N3O4/c1-23-14-5-2-3-6-15(14)24-17-8-7-16(25-17)18(22)20-9-4-11-21-12-10-19-13-21/h2-3,5-8,10,12-13H,4,9,11H2,1H3,(H,20,22). The molecule has 0 saturated carbocycles. The summed E-state index contributed by atoms with van der Waals surface area (Å²) in [5.41, 5.74) is 0. The molecule has 1 N–H and O–H groups in total. The Kier molecular flexibility index (Phi) is 5.36. The van der Waals surface area contributed by atoms with Gasteiger partial charge in [-0.3, -0.25) is 4.79 Å². The Morgan fingerprint density at radius 1 is 1.24 bits per heavy atom. The fraction of sp³-hybridized carbons (Fsp3) is 0.222. The van der Waals surface area contributed by atoms with Gasteiger partial charge in [-0.2, -0.15) is 0 Å². The van der Waals surface area contributed by atoms with Crippen molar-refractivity contribution in [3.05, 3.63) is 60.9 Å². The summed E-state index contributed by atoms with van der Waals surface area (Å²) in [5.74, 6) is 1.26. The van der Waals surface area contributed by atoms with E-state index in [1.54, 1.807) is 43.9 Å². The summed E-state index contributed by atoms with van der Waals surface area (Å²) in [6.07, 6.45) is 6.16. The summed E-state index contributed by atoms with van der Waals surface area (Å²) in [5, 5.41) is 2.81. The number of furan rings is 1. The first-order valence-electron chi connectivity index (χ1n) is 7.91. The second kappa shape index (κ2) is 8.05. The zero-order chi connectivity index (χ0) is 17.5. The van der Waals surface area contributed by atoms with E-state index in [-0.39, 0.29) is 17.6 Å². The van der Waals surface area contributed by atoms with Crippen LogP contribution in [0.15, 0.2) is 59.5 Å². The number of rotatable bonds is 8. The van der Waals surface area contributed by atoms with Crippen LogP contribution in [0, 0.1) is 0 Å². The van der Waals surface area contributed by atoms with Crippen molar-refractivity contribution >= 4 is 5.91 Å². The van der Waals surface area contributed by atoms with E-state index in [0.29, 0.717) is 18.0 Å². The van der Waals surface area contributed by atoms with E-state index in [0.717, 1.165) is 13.0 Å². The van der Waals surface area contributed by atoms with Crippen LogP contribution in [0.1, 0.15) is 17.0 Å². The van der Waals surface area contributed by atoms with Crippen molar-refractivity contribution in [2.45, 2.75) is 13.0 Å². The molecule has 0 unspecified atom stereocenters. The number of ether oxygens (including phenoxy) is 2. The number of imidazole rings is 1. The minimum absolute atomic E-state index is 0.201. The monoisotopic (exact) mass is 341 g/mol. The number of nitrogens with zero attached hydrogens (tertiary/aromatic N) is 2. The summed E-state index contributed by atoms with van der Waals surface area (Å²) in [4.78, 5) is 16.1. The minimum atomic E-state index is -0.277. The normalized spacial score (nSPS) is 10.4. The number of amides is 1. The molecule has 0 aliphatic heterocycles. The maximum absolute atomic E-state index is 12.1. The number of nitrogens with one attached hydrogen (secondary N) is 1. The molecule has 25 heavy (non-hydrogen) atoms. The van der Waals surface area contributed by atoms with Gasteiger partial charge < -0.3 is 23.8 Å². The molecule has 0 aliphatic rings. The number of aryl methyl sites for hydroxylation is 1. The Bertz CT molecular complexity index is 811. The first kappa shape index (κ1) is 16.6. The number of hydrogen-bond acceptors (Lipinski definition) is 5. The number of carbonyl (C=O) groups excluding carboxylic acids is 1. The molecule has 0 atom stereocenters. The molecule has 3 rings (SSSR count). The molecule has 0 aliphatic carbocycles. The van der Waals surface area contributed by atoms with Gasteiger partial charge in [0.1, 0.15) is 0 Å². The summed E-state index contributed by atoms with van der Waals surface area (Å²) < 4.78 is 18.2. The molecule has 0 radical (unpaired) electrons. The van der Waals surface area contributed by atoms with Crippen LogP contribution >= 0.6 is 0 Å². The zero-order valence-corrected chi connectivity index (χ0v) is 13.8. The predicted octanol–water partition coefficient (Wildman–Crippen LogP) is 3.10. The Hall–Kier alpha value is -3.22. The Balaban J connectivity index is 1.51. The van der Waals surface area contributed by atoms with E-state index >= 15 is 0 Å². The van der Waals surface area contributed by atoms with Crippen LogP contribution in [0.3, 0.4) is 0 Å². The highest BCUT2D eigenvalue weighted by Gasteiger charge is 2.13. The molecule has 1 aromatic carbocycles. The highest BCUT2D eigenvalue weighted by atomic mass is 16.6. The topological polar surface area (TPSA) is 78.5 Å². The fourth-order valence-electron chi connectivity index (χ4n) is 2.28. The van der Waals surface area contributed by atoms with Crippen LogP contribution in [-0.2, 0) is 6.54 Å². The highest BCUT2D eigenvalue weighted by molar-refractivity contribution is 5.91. The van der Waals surface area contributed by atoms with Crippen LogP contribution in [0.5, 0.6) is 17.4 Å². The number of aromatic nitrogens is 2. The van der Waals surface area contributed by atoms with Crippen LogP contribution in [0.4, 0.5) is 0 Å². The summed E-state index contributed by atoms with van der Waals surface area (Å²) in [7, 11) is 1.56. The second-order valence-electron chi connectivity index (χ2n) is 5.28. The smallest absolute Gasteiger partial charge is 0.290 e. The van der Waals surface area contributed by atoms with Gasteiger partial charge in [-0.25, -0.2) is 4.98 Å². The van der Waals surface area contributed by atoms with Gasteiger partial charge in [0.05, 0.1) is 13.4 Å². The first-order chi connectivity index (χ1) is 12.3. The Morgan fingerprint density at radius 3 is 2.84 bits per heavy atom.